The maximum absolute atomic E-state index is 12.0. The molecule has 0 radical (unpaired) electrons. The largest absolute Gasteiger partial charge is 0.484 e. The second kappa shape index (κ2) is 8.50. The number of carbonyl (C=O) groups is 3. The molecular weight excluding hydrogens is 324 g/mol. The van der Waals surface area contributed by atoms with Crippen molar-refractivity contribution in [3.63, 3.8) is 0 Å². The predicted octanol–water partition coefficient (Wildman–Crippen LogP) is 2.28. The Morgan fingerprint density at radius 1 is 1.20 bits per heavy atom. The first kappa shape index (κ1) is 20.5. The molecule has 0 aromatic heterocycles. The van der Waals surface area contributed by atoms with Crippen LogP contribution < -0.4 is 15.4 Å². The third-order valence-corrected chi connectivity index (χ3v) is 3.39. The van der Waals surface area contributed by atoms with E-state index in [2.05, 4.69) is 10.6 Å². The van der Waals surface area contributed by atoms with Crippen LogP contribution in [0.25, 0.3) is 0 Å². The van der Waals surface area contributed by atoms with Crippen LogP contribution >= 0.6 is 0 Å². The van der Waals surface area contributed by atoms with Crippen molar-refractivity contribution in [2.45, 2.75) is 40.7 Å². The quantitative estimate of drug-likeness (QED) is 0.700. The predicted molar refractivity (Wildman–Crippen MR) is 94.4 cm³/mol. The molecule has 0 aliphatic heterocycles. The Bertz CT molecular complexity index is 635. The van der Waals surface area contributed by atoms with Gasteiger partial charge in [-0.3, -0.25) is 9.59 Å². The van der Waals surface area contributed by atoms with E-state index in [1.165, 1.54) is 0 Å². The Labute approximate surface area is 147 Å². The van der Waals surface area contributed by atoms with E-state index < -0.39 is 23.3 Å². The van der Waals surface area contributed by atoms with Crippen molar-refractivity contribution in [3.8, 4) is 5.75 Å². The van der Waals surface area contributed by atoms with E-state index in [1.54, 1.807) is 58.9 Å². The lowest BCUT2D eigenvalue weighted by molar-refractivity contribution is -0.143. The van der Waals surface area contributed by atoms with Gasteiger partial charge in [-0.1, -0.05) is 40.7 Å². The zero-order valence-electron chi connectivity index (χ0n) is 15.3. The van der Waals surface area contributed by atoms with Crippen LogP contribution in [0.5, 0.6) is 5.75 Å². The van der Waals surface area contributed by atoms with Gasteiger partial charge in [0.1, 0.15) is 11.8 Å². The average molecular weight is 350 g/mol. The van der Waals surface area contributed by atoms with Gasteiger partial charge in [0.05, 0.1) is 0 Å². The molecule has 0 aliphatic rings. The summed E-state index contributed by atoms with van der Waals surface area (Å²) in [6, 6.07) is 5.70. The smallest absolute Gasteiger partial charge is 0.326 e. The van der Waals surface area contributed by atoms with E-state index in [0.29, 0.717) is 11.4 Å². The third kappa shape index (κ3) is 6.82. The number of carbonyl (C=O) groups excluding carboxylic acids is 2. The van der Waals surface area contributed by atoms with Gasteiger partial charge in [0, 0.05) is 17.2 Å². The summed E-state index contributed by atoms with van der Waals surface area (Å²) in [6.07, 6.45) is 0. The van der Waals surface area contributed by atoms with Crippen LogP contribution in [0.15, 0.2) is 24.3 Å². The number of ether oxygens (including phenoxy) is 1. The molecule has 3 N–H and O–H groups in total. The van der Waals surface area contributed by atoms with Crippen LogP contribution in [-0.2, 0) is 14.4 Å². The summed E-state index contributed by atoms with van der Waals surface area (Å²) in [6.45, 7) is 8.53. The Hall–Kier alpha value is -2.57. The van der Waals surface area contributed by atoms with E-state index in [0.717, 1.165) is 0 Å². The lowest BCUT2D eigenvalue weighted by Crippen LogP contribution is -2.46. The zero-order chi connectivity index (χ0) is 19.2. The van der Waals surface area contributed by atoms with Crippen molar-refractivity contribution < 1.29 is 24.2 Å². The Balaban J connectivity index is 2.63. The second-order valence-electron chi connectivity index (χ2n) is 7.15. The molecular formula is C18H26N2O5. The monoisotopic (exact) mass is 350 g/mol. The lowest BCUT2D eigenvalue weighted by Gasteiger charge is -2.19. The second-order valence-corrected chi connectivity index (χ2v) is 7.15. The van der Waals surface area contributed by atoms with Crippen molar-refractivity contribution >= 4 is 23.5 Å². The van der Waals surface area contributed by atoms with Crippen LogP contribution in [0.4, 0.5) is 5.69 Å². The van der Waals surface area contributed by atoms with Crippen LogP contribution in [0.1, 0.15) is 34.6 Å². The van der Waals surface area contributed by atoms with Gasteiger partial charge >= 0.3 is 5.97 Å². The van der Waals surface area contributed by atoms with Gasteiger partial charge < -0.3 is 20.5 Å². The summed E-state index contributed by atoms with van der Waals surface area (Å²) in [5.41, 5.74) is 0.0304. The van der Waals surface area contributed by atoms with Gasteiger partial charge in [-0.25, -0.2) is 4.79 Å². The fourth-order valence-corrected chi connectivity index (χ4v) is 1.86. The summed E-state index contributed by atoms with van der Waals surface area (Å²) in [5, 5.41) is 14.3. The summed E-state index contributed by atoms with van der Waals surface area (Å²) >= 11 is 0. The van der Waals surface area contributed by atoms with Crippen LogP contribution in [0.3, 0.4) is 0 Å². The van der Waals surface area contributed by atoms with Crippen molar-refractivity contribution in [2.24, 2.45) is 11.3 Å². The number of carboxylic acid groups (broad SMARTS) is 1. The highest BCUT2D eigenvalue weighted by molar-refractivity contribution is 5.94. The number of anilines is 1. The van der Waals surface area contributed by atoms with Crippen LogP contribution in [-0.4, -0.2) is 35.5 Å². The summed E-state index contributed by atoms with van der Waals surface area (Å²) in [7, 11) is 0. The molecule has 7 nitrogen and oxygen atoms in total. The van der Waals surface area contributed by atoms with Crippen molar-refractivity contribution in [1.29, 1.82) is 0 Å². The molecule has 138 valence electrons. The molecule has 7 heteroatoms. The van der Waals surface area contributed by atoms with E-state index in [1.807, 2.05) is 0 Å². The van der Waals surface area contributed by atoms with E-state index in [-0.39, 0.29) is 18.4 Å². The van der Waals surface area contributed by atoms with Gasteiger partial charge in [-0.15, -0.1) is 0 Å². The minimum atomic E-state index is -1.09. The SMILES string of the molecule is CC(C)C(NC(=O)COc1cccc(NC(=O)C(C)(C)C)c1)C(=O)O. The molecule has 0 saturated carbocycles. The Morgan fingerprint density at radius 3 is 2.36 bits per heavy atom. The maximum atomic E-state index is 12.0. The topological polar surface area (TPSA) is 105 Å². The molecule has 0 spiro atoms. The number of aliphatic carboxylic acids is 1. The normalized spacial score (nSPS) is 12.4. The minimum Gasteiger partial charge on any atom is -0.484 e. The highest BCUT2D eigenvalue weighted by atomic mass is 16.5. The van der Waals surface area contributed by atoms with E-state index in [4.69, 9.17) is 9.84 Å². The standard InChI is InChI=1S/C18H26N2O5/c1-11(2)15(16(22)23)20-14(21)10-25-13-8-6-7-12(9-13)19-17(24)18(3,4)5/h6-9,11,15H,10H2,1-5H3,(H,19,24)(H,20,21)(H,22,23). The first-order valence-corrected chi connectivity index (χ1v) is 8.07. The summed E-state index contributed by atoms with van der Waals surface area (Å²) in [5.74, 6) is -1.58. The number of amides is 2. The maximum Gasteiger partial charge on any atom is 0.326 e. The highest BCUT2D eigenvalue weighted by Crippen LogP contribution is 2.21. The molecule has 25 heavy (non-hydrogen) atoms. The number of nitrogens with one attached hydrogen (secondary N) is 2. The number of hydrogen-bond acceptors (Lipinski definition) is 4. The fraction of sp³-hybridized carbons (Fsp3) is 0.500. The van der Waals surface area contributed by atoms with Crippen molar-refractivity contribution in [2.75, 3.05) is 11.9 Å². The molecule has 1 unspecified atom stereocenters. The number of rotatable bonds is 7. The first-order valence-electron chi connectivity index (χ1n) is 8.07. The molecule has 0 saturated heterocycles. The molecule has 0 bridgehead atoms. The third-order valence-electron chi connectivity index (χ3n) is 3.39. The molecule has 0 fully saturated rings. The Morgan fingerprint density at radius 2 is 1.84 bits per heavy atom. The van der Waals surface area contributed by atoms with Crippen molar-refractivity contribution in [1.82, 2.24) is 5.32 Å². The first-order chi connectivity index (χ1) is 11.5. The number of benzene rings is 1. The molecule has 2 amide bonds. The minimum absolute atomic E-state index is 0.136. The van der Waals surface area contributed by atoms with Gasteiger partial charge in [0.2, 0.25) is 5.91 Å². The van der Waals surface area contributed by atoms with Gasteiger partial charge in [0.15, 0.2) is 6.61 Å². The summed E-state index contributed by atoms with van der Waals surface area (Å²) in [4.78, 5) is 34.9. The van der Waals surface area contributed by atoms with Crippen molar-refractivity contribution in [3.05, 3.63) is 24.3 Å². The van der Waals surface area contributed by atoms with Gasteiger partial charge in [0.25, 0.3) is 5.91 Å². The van der Waals surface area contributed by atoms with Gasteiger partial charge in [-0.2, -0.15) is 0 Å². The van der Waals surface area contributed by atoms with Gasteiger partial charge in [-0.05, 0) is 18.1 Å². The lowest BCUT2D eigenvalue weighted by atomic mass is 9.95. The average Bonchev–Trinajstić information content (AvgIpc) is 2.49. The highest BCUT2D eigenvalue weighted by Gasteiger charge is 2.23. The molecule has 0 aliphatic carbocycles. The number of hydrogen-bond donors (Lipinski definition) is 3. The fourth-order valence-electron chi connectivity index (χ4n) is 1.86. The zero-order valence-corrected chi connectivity index (χ0v) is 15.3. The molecule has 1 rings (SSSR count). The molecule has 1 aromatic rings. The molecule has 1 aromatic carbocycles. The van der Waals surface area contributed by atoms with Crippen LogP contribution in [0.2, 0.25) is 0 Å². The molecule has 1 atom stereocenters. The van der Waals surface area contributed by atoms with E-state index in [9.17, 15) is 14.4 Å². The summed E-state index contributed by atoms with van der Waals surface area (Å²) < 4.78 is 5.38. The number of carboxylic acids is 1. The Kier molecular flexibility index (Phi) is 6.97. The van der Waals surface area contributed by atoms with E-state index >= 15 is 0 Å². The molecule has 0 heterocycles. The van der Waals surface area contributed by atoms with Crippen LogP contribution in [0, 0.1) is 11.3 Å².